The molecule has 0 radical (unpaired) electrons. The number of hydrogen-bond acceptors (Lipinski definition) is 4. The van der Waals surface area contributed by atoms with Gasteiger partial charge in [0.15, 0.2) is 0 Å². The van der Waals surface area contributed by atoms with Crippen molar-refractivity contribution in [1.82, 2.24) is 0 Å². The minimum absolute atomic E-state index is 0.106. The summed E-state index contributed by atoms with van der Waals surface area (Å²) in [5, 5.41) is 0. The summed E-state index contributed by atoms with van der Waals surface area (Å²) in [5.41, 5.74) is 1.70. The highest BCUT2D eigenvalue weighted by Crippen LogP contribution is 2.53. The predicted molar refractivity (Wildman–Crippen MR) is 82.7 cm³/mol. The number of carbonyl (C=O) groups is 3. The van der Waals surface area contributed by atoms with Crippen LogP contribution in [0.5, 0.6) is 0 Å². The third-order valence-corrected chi connectivity index (χ3v) is 5.33. The van der Waals surface area contributed by atoms with Gasteiger partial charge in [0.2, 0.25) is 11.8 Å². The molecule has 0 N–H and O–H groups in total. The molecular formula is C18H17NO4. The molecule has 118 valence electrons. The highest BCUT2D eigenvalue weighted by Gasteiger charge is 2.59. The summed E-state index contributed by atoms with van der Waals surface area (Å²) in [6.07, 6.45) is 5.07. The number of fused-ring (bicyclic) bond motifs is 5. The van der Waals surface area contributed by atoms with Crippen LogP contribution in [0.4, 0.5) is 5.69 Å². The minimum Gasteiger partial charge on any atom is -0.465 e. The zero-order valence-corrected chi connectivity index (χ0v) is 13.0. The van der Waals surface area contributed by atoms with Crippen LogP contribution < -0.4 is 4.90 Å². The summed E-state index contributed by atoms with van der Waals surface area (Å²) in [7, 11) is 1.32. The van der Waals surface area contributed by atoms with Crippen molar-refractivity contribution in [2.24, 2.45) is 23.7 Å². The number of esters is 1. The van der Waals surface area contributed by atoms with Crippen molar-refractivity contribution in [2.75, 3.05) is 12.0 Å². The summed E-state index contributed by atoms with van der Waals surface area (Å²) >= 11 is 0. The monoisotopic (exact) mass is 311 g/mol. The van der Waals surface area contributed by atoms with Gasteiger partial charge in [0.25, 0.3) is 0 Å². The van der Waals surface area contributed by atoms with Crippen LogP contribution >= 0.6 is 0 Å². The van der Waals surface area contributed by atoms with Crippen molar-refractivity contribution in [1.29, 1.82) is 0 Å². The highest BCUT2D eigenvalue weighted by atomic mass is 16.5. The SMILES string of the molecule is COC(=O)c1ccc(N2C(=O)[C@@H]3[C@@H](C2=O)[C@H]2C=C[C@H]3C2)c(C)c1. The maximum atomic E-state index is 12.8. The van der Waals surface area contributed by atoms with E-state index in [4.69, 9.17) is 4.74 Å². The van der Waals surface area contributed by atoms with Gasteiger partial charge < -0.3 is 4.74 Å². The number of benzene rings is 1. The molecule has 23 heavy (non-hydrogen) atoms. The van der Waals surface area contributed by atoms with E-state index in [1.165, 1.54) is 12.0 Å². The van der Waals surface area contributed by atoms with Crippen LogP contribution in [0, 0.1) is 30.6 Å². The molecule has 5 heteroatoms. The van der Waals surface area contributed by atoms with Gasteiger partial charge in [-0.15, -0.1) is 0 Å². The second kappa shape index (κ2) is 4.78. The molecule has 5 nitrogen and oxygen atoms in total. The second-order valence-corrected chi connectivity index (χ2v) is 6.50. The van der Waals surface area contributed by atoms with E-state index >= 15 is 0 Å². The Bertz CT molecular complexity index is 736. The normalized spacial score (nSPS) is 31.0. The number of anilines is 1. The van der Waals surface area contributed by atoms with Gasteiger partial charge in [0.05, 0.1) is 30.2 Å². The lowest BCUT2D eigenvalue weighted by atomic mass is 9.85. The molecule has 2 bridgehead atoms. The van der Waals surface area contributed by atoms with E-state index in [9.17, 15) is 14.4 Å². The molecule has 4 atom stereocenters. The largest absolute Gasteiger partial charge is 0.465 e. The molecule has 2 aliphatic carbocycles. The van der Waals surface area contributed by atoms with E-state index in [1.54, 1.807) is 25.1 Å². The number of hydrogen-bond donors (Lipinski definition) is 0. The first-order valence-corrected chi connectivity index (χ1v) is 7.78. The van der Waals surface area contributed by atoms with Gasteiger partial charge in [0, 0.05) is 0 Å². The van der Waals surface area contributed by atoms with E-state index in [2.05, 4.69) is 12.2 Å². The molecule has 1 aromatic rings. The van der Waals surface area contributed by atoms with E-state index < -0.39 is 5.97 Å². The Morgan fingerprint density at radius 1 is 1.13 bits per heavy atom. The minimum atomic E-state index is -0.433. The molecule has 0 spiro atoms. The van der Waals surface area contributed by atoms with Gasteiger partial charge in [0.1, 0.15) is 0 Å². The maximum Gasteiger partial charge on any atom is 0.337 e. The Morgan fingerprint density at radius 3 is 2.26 bits per heavy atom. The van der Waals surface area contributed by atoms with Crippen LogP contribution in [0.25, 0.3) is 0 Å². The quantitative estimate of drug-likeness (QED) is 0.477. The number of rotatable bonds is 2. The summed E-state index contributed by atoms with van der Waals surface area (Å²) in [6, 6.07) is 4.91. The second-order valence-electron chi connectivity index (χ2n) is 6.50. The zero-order valence-electron chi connectivity index (χ0n) is 13.0. The standard InChI is InChI=1S/C18H17NO4/c1-9-7-12(18(22)23-2)5-6-13(9)19-16(20)14-10-3-4-11(8-10)15(14)17(19)21/h3-7,10-11,14-15H,8H2,1-2H3/t10-,11-,14-,15-/m0/s1. The van der Waals surface area contributed by atoms with E-state index in [0.29, 0.717) is 11.3 Å². The smallest absolute Gasteiger partial charge is 0.337 e. The van der Waals surface area contributed by atoms with Crippen LogP contribution in [-0.2, 0) is 14.3 Å². The van der Waals surface area contributed by atoms with Crippen LogP contribution in [0.2, 0.25) is 0 Å². The van der Waals surface area contributed by atoms with Crippen molar-refractivity contribution in [2.45, 2.75) is 13.3 Å². The summed E-state index contributed by atoms with van der Waals surface area (Å²) in [6.45, 7) is 1.79. The van der Waals surface area contributed by atoms with Gasteiger partial charge in [-0.2, -0.15) is 0 Å². The molecule has 0 aromatic heterocycles. The average molecular weight is 311 g/mol. The van der Waals surface area contributed by atoms with Crippen LogP contribution in [0.1, 0.15) is 22.3 Å². The number of imide groups is 1. The number of nitrogens with zero attached hydrogens (tertiary/aromatic N) is 1. The number of aryl methyl sites for hydroxylation is 1. The molecule has 1 aromatic carbocycles. The van der Waals surface area contributed by atoms with Crippen molar-refractivity contribution in [3.8, 4) is 0 Å². The third-order valence-electron chi connectivity index (χ3n) is 5.33. The number of carbonyl (C=O) groups excluding carboxylic acids is 3. The first kappa shape index (κ1) is 14.2. The first-order valence-electron chi connectivity index (χ1n) is 7.78. The maximum absolute atomic E-state index is 12.8. The van der Waals surface area contributed by atoms with E-state index in [-0.39, 0.29) is 35.5 Å². The molecule has 1 aliphatic heterocycles. The first-order chi connectivity index (χ1) is 11.0. The fraction of sp³-hybridized carbons (Fsp3) is 0.389. The summed E-state index contributed by atoms with van der Waals surface area (Å²) in [5.74, 6) is -0.675. The molecular weight excluding hydrogens is 294 g/mol. The number of amides is 2. The molecule has 1 saturated carbocycles. The Balaban J connectivity index is 1.71. The molecule has 0 unspecified atom stereocenters. The van der Waals surface area contributed by atoms with E-state index in [1.807, 2.05) is 0 Å². The molecule has 1 heterocycles. The molecule has 3 aliphatic rings. The summed E-state index contributed by atoms with van der Waals surface area (Å²) in [4.78, 5) is 38.5. The van der Waals surface area contributed by atoms with Crippen LogP contribution in [0.3, 0.4) is 0 Å². The Kier molecular flexibility index (Phi) is 2.95. The van der Waals surface area contributed by atoms with Crippen molar-refractivity contribution in [3.05, 3.63) is 41.5 Å². The zero-order chi connectivity index (χ0) is 16.3. The average Bonchev–Trinajstić information content (AvgIpc) is 3.21. The highest BCUT2D eigenvalue weighted by molar-refractivity contribution is 6.23. The number of allylic oxidation sites excluding steroid dienone is 2. The molecule has 2 fully saturated rings. The Labute approximate surface area is 133 Å². The fourth-order valence-electron chi connectivity index (χ4n) is 4.29. The van der Waals surface area contributed by atoms with Gasteiger partial charge in [-0.3, -0.25) is 9.59 Å². The van der Waals surface area contributed by atoms with Crippen molar-refractivity contribution < 1.29 is 19.1 Å². The molecule has 2 amide bonds. The van der Waals surface area contributed by atoms with Crippen molar-refractivity contribution in [3.63, 3.8) is 0 Å². The predicted octanol–water partition coefficient (Wildman–Crippen LogP) is 2.09. The van der Waals surface area contributed by atoms with Gasteiger partial charge in [-0.05, 0) is 48.9 Å². The van der Waals surface area contributed by atoms with Crippen LogP contribution in [-0.4, -0.2) is 24.9 Å². The van der Waals surface area contributed by atoms with Gasteiger partial charge >= 0.3 is 5.97 Å². The Hall–Kier alpha value is -2.43. The van der Waals surface area contributed by atoms with Crippen molar-refractivity contribution >= 4 is 23.5 Å². The third kappa shape index (κ3) is 1.82. The lowest BCUT2D eigenvalue weighted by Crippen LogP contribution is -2.33. The fourth-order valence-corrected chi connectivity index (χ4v) is 4.29. The lowest BCUT2D eigenvalue weighted by Gasteiger charge is -2.19. The number of methoxy groups -OCH3 is 1. The van der Waals surface area contributed by atoms with Gasteiger partial charge in [-0.1, -0.05) is 12.2 Å². The van der Waals surface area contributed by atoms with E-state index in [0.717, 1.165) is 12.0 Å². The summed E-state index contributed by atoms with van der Waals surface area (Å²) < 4.78 is 4.70. The van der Waals surface area contributed by atoms with Gasteiger partial charge in [-0.25, -0.2) is 9.69 Å². The van der Waals surface area contributed by atoms with Crippen LogP contribution in [0.15, 0.2) is 30.4 Å². The molecule has 4 rings (SSSR count). The lowest BCUT2D eigenvalue weighted by molar-refractivity contribution is -0.123. The topological polar surface area (TPSA) is 63.7 Å². The molecule has 1 saturated heterocycles. The Morgan fingerprint density at radius 2 is 1.74 bits per heavy atom. The number of ether oxygens (including phenoxy) is 1.